The maximum atomic E-state index is 5.19. The normalized spacial score (nSPS) is 20.7. The number of methoxy groups -OCH3 is 1. The van der Waals surface area contributed by atoms with Crippen molar-refractivity contribution in [1.29, 1.82) is 0 Å². The van der Waals surface area contributed by atoms with Crippen LogP contribution in [0.15, 0.2) is 18.2 Å². The molecule has 0 fully saturated rings. The molecule has 12 heavy (non-hydrogen) atoms. The number of aryl methyl sites for hydroxylation is 1. The van der Waals surface area contributed by atoms with E-state index in [0.29, 0.717) is 0 Å². The highest BCUT2D eigenvalue weighted by atomic mass is 16.5. The van der Waals surface area contributed by atoms with E-state index < -0.39 is 0 Å². The van der Waals surface area contributed by atoms with Gasteiger partial charge < -0.3 is 4.74 Å². The molecule has 0 spiro atoms. The van der Waals surface area contributed by atoms with Crippen molar-refractivity contribution in [3.05, 3.63) is 29.3 Å². The molecule has 1 heteroatoms. The van der Waals surface area contributed by atoms with Crippen LogP contribution in [0.5, 0.6) is 5.75 Å². The molecule has 0 bridgehead atoms. The average molecular weight is 162 g/mol. The molecule has 0 heterocycles. The molecule has 1 aromatic rings. The summed E-state index contributed by atoms with van der Waals surface area (Å²) >= 11 is 0. The second-order valence-electron chi connectivity index (χ2n) is 3.50. The lowest BCUT2D eigenvalue weighted by Crippen LogP contribution is -1.89. The van der Waals surface area contributed by atoms with E-state index in [2.05, 4.69) is 25.1 Å². The minimum atomic E-state index is 0.718. The van der Waals surface area contributed by atoms with Gasteiger partial charge in [-0.25, -0.2) is 0 Å². The van der Waals surface area contributed by atoms with Crippen LogP contribution in [0.3, 0.4) is 0 Å². The molecule has 0 radical (unpaired) electrons. The second kappa shape index (κ2) is 2.81. The molecular weight excluding hydrogens is 148 g/mol. The topological polar surface area (TPSA) is 9.23 Å². The van der Waals surface area contributed by atoms with E-state index in [-0.39, 0.29) is 0 Å². The van der Waals surface area contributed by atoms with Crippen LogP contribution >= 0.6 is 0 Å². The molecule has 0 amide bonds. The number of ether oxygens (including phenoxy) is 1. The largest absolute Gasteiger partial charge is 0.497 e. The third-order valence-corrected chi connectivity index (χ3v) is 2.73. The summed E-state index contributed by atoms with van der Waals surface area (Å²) in [5.41, 5.74) is 2.98. The molecule has 1 aliphatic carbocycles. The molecular formula is C11H14O. The van der Waals surface area contributed by atoms with Crippen LogP contribution < -0.4 is 4.74 Å². The second-order valence-corrected chi connectivity index (χ2v) is 3.50. The molecule has 0 unspecified atom stereocenters. The Morgan fingerprint density at radius 1 is 1.42 bits per heavy atom. The van der Waals surface area contributed by atoms with Crippen molar-refractivity contribution in [2.45, 2.75) is 25.7 Å². The Labute approximate surface area is 73.4 Å². The van der Waals surface area contributed by atoms with Gasteiger partial charge in [0.15, 0.2) is 0 Å². The zero-order valence-corrected chi connectivity index (χ0v) is 7.63. The lowest BCUT2D eigenvalue weighted by atomic mass is 10.0. The van der Waals surface area contributed by atoms with Gasteiger partial charge in [-0.15, -0.1) is 0 Å². The molecule has 0 saturated carbocycles. The van der Waals surface area contributed by atoms with Gasteiger partial charge in [0.1, 0.15) is 5.75 Å². The van der Waals surface area contributed by atoms with Gasteiger partial charge >= 0.3 is 0 Å². The SMILES string of the molecule is COc1ccc2c(c1)[C@@H](C)CC2. The number of hydrogen-bond donors (Lipinski definition) is 0. The first-order valence-corrected chi connectivity index (χ1v) is 4.48. The lowest BCUT2D eigenvalue weighted by Gasteiger charge is -2.06. The van der Waals surface area contributed by atoms with Crippen LogP contribution in [0.25, 0.3) is 0 Å². The molecule has 64 valence electrons. The Kier molecular flexibility index (Phi) is 1.80. The van der Waals surface area contributed by atoms with E-state index in [9.17, 15) is 0 Å². The monoisotopic (exact) mass is 162 g/mol. The van der Waals surface area contributed by atoms with Gasteiger partial charge in [-0.3, -0.25) is 0 Å². The maximum Gasteiger partial charge on any atom is 0.119 e. The third kappa shape index (κ3) is 1.09. The van der Waals surface area contributed by atoms with Crippen molar-refractivity contribution in [2.75, 3.05) is 7.11 Å². The fourth-order valence-corrected chi connectivity index (χ4v) is 1.91. The highest BCUT2D eigenvalue weighted by molar-refractivity contribution is 5.40. The fourth-order valence-electron chi connectivity index (χ4n) is 1.91. The summed E-state index contributed by atoms with van der Waals surface area (Å²) in [7, 11) is 1.72. The fraction of sp³-hybridized carbons (Fsp3) is 0.455. The van der Waals surface area contributed by atoms with Crippen LogP contribution in [-0.2, 0) is 6.42 Å². The maximum absolute atomic E-state index is 5.19. The quantitative estimate of drug-likeness (QED) is 0.617. The molecule has 0 saturated heterocycles. The predicted molar refractivity (Wildman–Crippen MR) is 49.7 cm³/mol. The summed E-state index contributed by atoms with van der Waals surface area (Å²) in [4.78, 5) is 0. The Morgan fingerprint density at radius 3 is 3.00 bits per heavy atom. The number of benzene rings is 1. The minimum absolute atomic E-state index is 0.718. The summed E-state index contributed by atoms with van der Waals surface area (Å²) in [5.74, 6) is 1.71. The van der Waals surface area contributed by atoms with Crippen molar-refractivity contribution in [3.8, 4) is 5.75 Å². The van der Waals surface area contributed by atoms with E-state index in [0.717, 1.165) is 11.7 Å². The van der Waals surface area contributed by atoms with Gasteiger partial charge in [-0.2, -0.15) is 0 Å². The Bertz CT molecular complexity index is 291. The van der Waals surface area contributed by atoms with E-state index in [4.69, 9.17) is 4.74 Å². The van der Waals surface area contributed by atoms with E-state index in [1.54, 1.807) is 7.11 Å². The number of fused-ring (bicyclic) bond motifs is 1. The molecule has 0 aromatic heterocycles. The summed E-state index contributed by atoms with van der Waals surface area (Å²) in [6, 6.07) is 6.42. The smallest absolute Gasteiger partial charge is 0.119 e. The Balaban J connectivity index is 2.43. The summed E-state index contributed by atoms with van der Waals surface area (Å²) in [5, 5.41) is 0. The van der Waals surface area contributed by atoms with Crippen molar-refractivity contribution in [2.24, 2.45) is 0 Å². The van der Waals surface area contributed by atoms with Gasteiger partial charge in [0.2, 0.25) is 0 Å². The highest BCUT2D eigenvalue weighted by Crippen LogP contribution is 2.34. The first-order valence-electron chi connectivity index (χ1n) is 4.48. The van der Waals surface area contributed by atoms with Crippen molar-refractivity contribution >= 4 is 0 Å². The van der Waals surface area contributed by atoms with Gasteiger partial charge in [0.25, 0.3) is 0 Å². The van der Waals surface area contributed by atoms with Crippen molar-refractivity contribution in [1.82, 2.24) is 0 Å². The minimum Gasteiger partial charge on any atom is -0.497 e. The zero-order valence-electron chi connectivity index (χ0n) is 7.63. The summed E-state index contributed by atoms with van der Waals surface area (Å²) < 4.78 is 5.19. The Hall–Kier alpha value is -0.980. The highest BCUT2D eigenvalue weighted by Gasteiger charge is 2.18. The molecule has 1 aromatic carbocycles. The number of rotatable bonds is 1. The van der Waals surface area contributed by atoms with Crippen LogP contribution in [0.2, 0.25) is 0 Å². The standard InChI is InChI=1S/C11H14O/c1-8-3-4-9-5-6-10(12-2)7-11(8)9/h5-8H,3-4H2,1-2H3/t8-/m0/s1. The molecule has 0 N–H and O–H groups in total. The number of hydrogen-bond acceptors (Lipinski definition) is 1. The predicted octanol–water partition coefficient (Wildman–Crippen LogP) is 2.74. The molecule has 1 aliphatic rings. The van der Waals surface area contributed by atoms with E-state index in [1.807, 2.05) is 0 Å². The lowest BCUT2D eigenvalue weighted by molar-refractivity contribution is 0.414. The van der Waals surface area contributed by atoms with E-state index in [1.165, 1.54) is 24.0 Å². The first-order chi connectivity index (χ1) is 5.81. The molecule has 2 rings (SSSR count). The summed E-state index contributed by atoms with van der Waals surface area (Å²) in [6.07, 6.45) is 2.53. The average Bonchev–Trinajstić information content (AvgIpc) is 2.47. The Morgan fingerprint density at radius 2 is 2.25 bits per heavy atom. The van der Waals surface area contributed by atoms with Crippen LogP contribution in [0.1, 0.15) is 30.4 Å². The van der Waals surface area contributed by atoms with Crippen molar-refractivity contribution < 1.29 is 4.74 Å². The zero-order chi connectivity index (χ0) is 8.55. The van der Waals surface area contributed by atoms with Gasteiger partial charge in [-0.05, 0) is 42.0 Å². The van der Waals surface area contributed by atoms with Crippen molar-refractivity contribution in [3.63, 3.8) is 0 Å². The third-order valence-electron chi connectivity index (χ3n) is 2.73. The molecule has 1 nitrogen and oxygen atoms in total. The molecule has 1 atom stereocenters. The molecule has 0 aliphatic heterocycles. The van der Waals surface area contributed by atoms with Gasteiger partial charge in [0, 0.05) is 0 Å². The van der Waals surface area contributed by atoms with Gasteiger partial charge in [-0.1, -0.05) is 13.0 Å². The first kappa shape index (κ1) is 7.66. The van der Waals surface area contributed by atoms with Gasteiger partial charge in [0.05, 0.1) is 7.11 Å². The van der Waals surface area contributed by atoms with Crippen LogP contribution in [0.4, 0.5) is 0 Å². The van der Waals surface area contributed by atoms with E-state index >= 15 is 0 Å². The van der Waals surface area contributed by atoms with Crippen LogP contribution in [-0.4, -0.2) is 7.11 Å². The van der Waals surface area contributed by atoms with Crippen LogP contribution in [0, 0.1) is 0 Å². The summed E-state index contributed by atoms with van der Waals surface area (Å²) in [6.45, 7) is 2.28.